The van der Waals surface area contributed by atoms with Crippen LogP contribution in [0, 0.1) is 11.7 Å². The van der Waals surface area contributed by atoms with E-state index in [4.69, 9.17) is 5.73 Å². The van der Waals surface area contributed by atoms with E-state index in [1.165, 1.54) is 0 Å². The van der Waals surface area contributed by atoms with Crippen molar-refractivity contribution in [2.75, 3.05) is 5.32 Å². The van der Waals surface area contributed by atoms with Crippen LogP contribution in [0.15, 0.2) is 17.0 Å². The van der Waals surface area contributed by atoms with Gasteiger partial charge in [0.2, 0.25) is 15.9 Å². The smallest absolute Gasteiger partial charge is 0.404 e. The van der Waals surface area contributed by atoms with Crippen LogP contribution >= 0.6 is 0 Å². The first kappa shape index (κ1) is 27.1. The Morgan fingerprint density at radius 2 is 1.70 bits per heavy atom. The highest BCUT2D eigenvalue weighted by molar-refractivity contribution is 7.89. The summed E-state index contributed by atoms with van der Waals surface area (Å²) in [5.74, 6) is -4.21. The number of halogens is 7. The van der Waals surface area contributed by atoms with Crippen LogP contribution in [0.3, 0.4) is 0 Å². The third-order valence-electron chi connectivity index (χ3n) is 5.09. The molecule has 0 aliphatic heterocycles. The van der Waals surface area contributed by atoms with E-state index in [0.717, 1.165) is 24.0 Å². The number of hydrogen-bond donors (Lipinski definition) is 3. The number of rotatable bonds is 7. The Labute approximate surface area is 184 Å². The molecule has 0 bridgehead atoms. The van der Waals surface area contributed by atoms with Crippen molar-refractivity contribution in [3.05, 3.63) is 17.9 Å². The average molecular weight is 509 g/mol. The van der Waals surface area contributed by atoms with Crippen LogP contribution in [0.5, 0.6) is 5.75 Å². The zero-order chi connectivity index (χ0) is 25.2. The van der Waals surface area contributed by atoms with Gasteiger partial charge in [0.1, 0.15) is 16.8 Å². The fourth-order valence-corrected chi connectivity index (χ4v) is 4.68. The summed E-state index contributed by atoms with van der Waals surface area (Å²) in [6, 6.07) is -3.55. The van der Waals surface area contributed by atoms with Crippen LogP contribution in [0.2, 0.25) is 0 Å². The molecule has 1 fully saturated rings. The summed E-state index contributed by atoms with van der Waals surface area (Å²) in [6.45, 7) is 0.402. The molecular formula is C18H22F7N3O4S. The maximum absolute atomic E-state index is 14.5. The van der Waals surface area contributed by atoms with Gasteiger partial charge < -0.3 is 15.8 Å². The van der Waals surface area contributed by atoms with E-state index in [1.807, 2.05) is 5.32 Å². The van der Waals surface area contributed by atoms with Gasteiger partial charge in [0, 0.05) is 6.07 Å². The number of nitrogens with one attached hydrogen (secondary N) is 2. The lowest BCUT2D eigenvalue weighted by Gasteiger charge is -2.26. The Morgan fingerprint density at radius 3 is 2.21 bits per heavy atom. The molecule has 188 valence electrons. The Morgan fingerprint density at radius 1 is 1.12 bits per heavy atom. The molecule has 0 aromatic heterocycles. The van der Waals surface area contributed by atoms with Gasteiger partial charge in [-0.2, -0.15) is 17.9 Å². The first-order valence-electron chi connectivity index (χ1n) is 9.76. The van der Waals surface area contributed by atoms with E-state index < -0.39 is 62.7 Å². The molecule has 1 aliphatic rings. The molecule has 2 rings (SSSR count). The third-order valence-corrected chi connectivity index (χ3v) is 6.65. The van der Waals surface area contributed by atoms with Crippen molar-refractivity contribution in [2.45, 2.75) is 68.5 Å². The standard InChI is InChI=1S/C18H22F7N3O4S/c1-9(17(20,21)22)28-33(30,31)14-7-11(19)12(8-13(14)32-18(23,24)25)27-16(29)15(26)10-5-3-2-4-6-10/h7-10,15,28H,2-6,26H2,1H3,(H,27,29)/t9-,15-/m0/s1. The molecule has 15 heteroatoms. The van der Waals surface area contributed by atoms with Gasteiger partial charge in [0.05, 0.1) is 11.7 Å². The molecular weight excluding hydrogens is 487 g/mol. The summed E-state index contributed by atoms with van der Waals surface area (Å²) >= 11 is 0. The van der Waals surface area contributed by atoms with Gasteiger partial charge in [-0.15, -0.1) is 13.2 Å². The maximum atomic E-state index is 14.5. The zero-order valence-electron chi connectivity index (χ0n) is 17.2. The van der Waals surface area contributed by atoms with Gasteiger partial charge in [-0.3, -0.25) is 4.79 Å². The Balaban J connectivity index is 2.39. The van der Waals surface area contributed by atoms with Gasteiger partial charge in [-0.05, 0) is 31.7 Å². The first-order valence-corrected chi connectivity index (χ1v) is 11.2. The monoisotopic (exact) mass is 509 g/mol. The SMILES string of the molecule is C[C@H](NS(=O)(=O)c1cc(F)c(NC(=O)[C@@H](N)C2CCCCC2)cc1OC(F)(F)F)C(F)(F)F. The highest BCUT2D eigenvalue weighted by Gasteiger charge is 2.41. The van der Waals surface area contributed by atoms with E-state index in [-0.39, 0.29) is 18.1 Å². The summed E-state index contributed by atoms with van der Waals surface area (Å²) in [5.41, 5.74) is 4.99. The molecule has 1 aromatic rings. The van der Waals surface area contributed by atoms with E-state index in [9.17, 15) is 43.9 Å². The predicted molar refractivity (Wildman–Crippen MR) is 102 cm³/mol. The molecule has 1 amide bonds. The molecule has 2 atom stereocenters. The number of benzene rings is 1. The summed E-state index contributed by atoms with van der Waals surface area (Å²) in [7, 11) is -5.32. The molecule has 7 nitrogen and oxygen atoms in total. The minimum absolute atomic E-state index is 0.0221. The van der Waals surface area contributed by atoms with Gasteiger partial charge in [-0.1, -0.05) is 19.3 Å². The Bertz CT molecular complexity index is 961. The fraction of sp³-hybridized carbons (Fsp3) is 0.611. The van der Waals surface area contributed by atoms with Crippen molar-refractivity contribution in [3.63, 3.8) is 0 Å². The summed E-state index contributed by atoms with van der Waals surface area (Å²) in [5, 5.41) is 2.00. The Hall–Kier alpha value is -2.13. The van der Waals surface area contributed by atoms with Crippen molar-refractivity contribution < 1.29 is 48.7 Å². The van der Waals surface area contributed by atoms with Crippen LogP contribution < -0.4 is 20.5 Å². The second-order valence-electron chi connectivity index (χ2n) is 7.62. The van der Waals surface area contributed by atoms with Crippen LogP contribution in [-0.2, 0) is 14.8 Å². The number of ether oxygens (including phenoxy) is 1. The number of sulfonamides is 1. The molecule has 0 spiro atoms. The number of anilines is 1. The number of hydrogen-bond acceptors (Lipinski definition) is 5. The predicted octanol–water partition coefficient (Wildman–Crippen LogP) is 3.80. The first-order chi connectivity index (χ1) is 15.0. The maximum Gasteiger partial charge on any atom is 0.573 e. The van der Waals surface area contributed by atoms with Crippen molar-refractivity contribution in [1.29, 1.82) is 0 Å². The molecule has 1 aliphatic carbocycles. The molecule has 1 aromatic carbocycles. The van der Waals surface area contributed by atoms with Crippen molar-refractivity contribution >= 4 is 21.6 Å². The van der Waals surface area contributed by atoms with Crippen molar-refractivity contribution in [2.24, 2.45) is 11.7 Å². The van der Waals surface area contributed by atoms with Gasteiger partial charge in [0.25, 0.3) is 0 Å². The van der Waals surface area contributed by atoms with Gasteiger partial charge in [-0.25, -0.2) is 12.8 Å². The topological polar surface area (TPSA) is 111 Å². The molecule has 4 N–H and O–H groups in total. The molecule has 1 saturated carbocycles. The minimum atomic E-state index is -5.47. The second kappa shape index (κ2) is 10.0. The highest BCUT2D eigenvalue weighted by atomic mass is 32.2. The van der Waals surface area contributed by atoms with Crippen LogP contribution in [0.4, 0.5) is 36.4 Å². The highest BCUT2D eigenvalue weighted by Crippen LogP contribution is 2.35. The van der Waals surface area contributed by atoms with E-state index in [0.29, 0.717) is 19.8 Å². The van der Waals surface area contributed by atoms with Crippen molar-refractivity contribution in [3.8, 4) is 5.75 Å². The molecule has 0 saturated heterocycles. The lowest BCUT2D eigenvalue weighted by atomic mass is 9.84. The van der Waals surface area contributed by atoms with Crippen LogP contribution in [0.1, 0.15) is 39.0 Å². The van der Waals surface area contributed by atoms with Crippen LogP contribution in [-0.4, -0.2) is 38.9 Å². The summed E-state index contributed by atoms with van der Waals surface area (Å²) < 4.78 is 120. The molecule has 0 heterocycles. The average Bonchev–Trinajstić information content (AvgIpc) is 2.68. The molecule has 33 heavy (non-hydrogen) atoms. The van der Waals surface area contributed by atoms with Crippen molar-refractivity contribution in [1.82, 2.24) is 4.72 Å². The third kappa shape index (κ3) is 7.43. The lowest BCUT2D eigenvalue weighted by molar-refractivity contribution is -0.275. The fourth-order valence-electron chi connectivity index (χ4n) is 3.33. The summed E-state index contributed by atoms with van der Waals surface area (Å²) in [6.07, 6.45) is -6.70. The molecule has 0 unspecified atom stereocenters. The summed E-state index contributed by atoms with van der Waals surface area (Å²) in [4.78, 5) is 10.8. The quantitative estimate of drug-likeness (QED) is 0.485. The largest absolute Gasteiger partial charge is 0.573 e. The molecule has 0 radical (unpaired) electrons. The number of alkyl halides is 6. The second-order valence-corrected chi connectivity index (χ2v) is 9.31. The van der Waals surface area contributed by atoms with Gasteiger partial charge in [0.15, 0.2) is 5.75 Å². The zero-order valence-corrected chi connectivity index (χ0v) is 18.0. The van der Waals surface area contributed by atoms with E-state index >= 15 is 0 Å². The van der Waals surface area contributed by atoms with Gasteiger partial charge >= 0.3 is 12.5 Å². The number of amides is 1. The lowest BCUT2D eigenvalue weighted by Crippen LogP contribution is -2.43. The Kier molecular flexibility index (Phi) is 8.23. The van der Waals surface area contributed by atoms with Crippen LogP contribution in [0.25, 0.3) is 0 Å². The van der Waals surface area contributed by atoms with E-state index in [1.54, 1.807) is 0 Å². The van der Waals surface area contributed by atoms with E-state index in [2.05, 4.69) is 4.74 Å². The normalized spacial score (nSPS) is 18.0. The minimum Gasteiger partial charge on any atom is -0.404 e. The number of nitrogens with two attached hydrogens (primary N) is 1. The number of carbonyl (C=O) groups excluding carboxylic acids is 1. The number of carbonyl (C=O) groups is 1.